The smallest absolute Gasteiger partial charge is 0.260 e. The van der Waals surface area contributed by atoms with Gasteiger partial charge in [0.2, 0.25) is 5.91 Å². The highest BCUT2D eigenvalue weighted by Gasteiger charge is 2.27. The molecule has 0 unspecified atom stereocenters. The molecule has 2 amide bonds. The third-order valence-electron chi connectivity index (χ3n) is 5.07. The summed E-state index contributed by atoms with van der Waals surface area (Å²) in [4.78, 5) is 33.0. The topological polar surface area (TPSA) is 74.8 Å². The first-order valence-electron chi connectivity index (χ1n) is 9.89. The van der Waals surface area contributed by atoms with Gasteiger partial charge in [-0.2, -0.15) is 0 Å². The van der Waals surface area contributed by atoms with Crippen molar-refractivity contribution in [3.63, 3.8) is 0 Å². The number of amides is 2. The van der Waals surface area contributed by atoms with E-state index < -0.39 is 0 Å². The van der Waals surface area contributed by atoms with Gasteiger partial charge in [-0.1, -0.05) is 24.3 Å². The van der Waals surface area contributed by atoms with E-state index in [1.165, 1.54) is 0 Å². The molecule has 2 aromatic rings. The second-order valence-electron chi connectivity index (χ2n) is 7.36. The molecular formula is C22H28N4O3. The van der Waals surface area contributed by atoms with Crippen LogP contribution in [0.25, 0.3) is 0 Å². The minimum atomic E-state index is -0.0754. The number of ether oxygens (including phenoxy) is 1. The molecule has 154 valence electrons. The van der Waals surface area contributed by atoms with Gasteiger partial charge in [0.05, 0.1) is 0 Å². The van der Waals surface area contributed by atoms with Crippen LogP contribution in [0, 0.1) is 5.92 Å². The Hall–Kier alpha value is -3.09. The van der Waals surface area contributed by atoms with Crippen molar-refractivity contribution in [1.29, 1.82) is 0 Å². The number of hydrogen-bond donors (Lipinski definition) is 1. The van der Waals surface area contributed by atoms with Crippen LogP contribution in [0.2, 0.25) is 0 Å². The van der Waals surface area contributed by atoms with E-state index in [-0.39, 0.29) is 24.3 Å². The Bertz CT molecular complexity index is 818. The molecule has 7 nitrogen and oxygen atoms in total. The molecule has 1 aromatic carbocycles. The SMILES string of the molecule is CN(C)c1ncccc1CNC(=O)C1CCN(C(=O)COc2ccccc2)CC1. The van der Waals surface area contributed by atoms with E-state index in [0.717, 1.165) is 11.4 Å². The summed E-state index contributed by atoms with van der Waals surface area (Å²) in [6.07, 6.45) is 3.07. The van der Waals surface area contributed by atoms with Crippen LogP contribution >= 0.6 is 0 Å². The van der Waals surface area contributed by atoms with Gasteiger partial charge in [-0.05, 0) is 31.0 Å². The summed E-state index contributed by atoms with van der Waals surface area (Å²) in [5.74, 6) is 1.45. The zero-order chi connectivity index (χ0) is 20.6. The standard InChI is InChI=1S/C22H28N4O3/c1-25(2)21-18(7-6-12-23-21)15-24-22(28)17-10-13-26(14-11-17)20(27)16-29-19-8-4-3-5-9-19/h3-9,12,17H,10-11,13-16H2,1-2H3,(H,24,28). The Kier molecular flexibility index (Phi) is 7.05. The molecule has 0 aliphatic carbocycles. The maximum Gasteiger partial charge on any atom is 0.260 e. The van der Waals surface area contributed by atoms with E-state index in [4.69, 9.17) is 4.74 Å². The average molecular weight is 396 g/mol. The number of benzene rings is 1. The van der Waals surface area contributed by atoms with Gasteiger partial charge in [0.15, 0.2) is 6.61 Å². The van der Waals surface area contributed by atoms with E-state index in [1.54, 1.807) is 11.1 Å². The van der Waals surface area contributed by atoms with Crippen molar-refractivity contribution >= 4 is 17.6 Å². The second kappa shape index (κ2) is 9.91. The van der Waals surface area contributed by atoms with Crippen LogP contribution in [0.3, 0.4) is 0 Å². The maximum absolute atomic E-state index is 12.6. The highest BCUT2D eigenvalue weighted by atomic mass is 16.5. The summed E-state index contributed by atoms with van der Waals surface area (Å²) in [5.41, 5.74) is 0.983. The molecule has 29 heavy (non-hydrogen) atoms. The van der Waals surface area contributed by atoms with Crippen molar-refractivity contribution in [2.75, 3.05) is 38.7 Å². The Labute approximate surface area is 171 Å². The van der Waals surface area contributed by atoms with E-state index >= 15 is 0 Å². The molecule has 1 aromatic heterocycles. The van der Waals surface area contributed by atoms with Gasteiger partial charge in [0, 0.05) is 51.4 Å². The van der Waals surface area contributed by atoms with Crippen LogP contribution in [0.4, 0.5) is 5.82 Å². The summed E-state index contributed by atoms with van der Waals surface area (Å²) in [6, 6.07) is 13.1. The predicted molar refractivity (Wildman–Crippen MR) is 112 cm³/mol. The van der Waals surface area contributed by atoms with Crippen molar-refractivity contribution in [3.05, 3.63) is 54.2 Å². The number of carbonyl (C=O) groups excluding carboxylic acids is 2. The first-order valence-corrected chi connectivity index (χ1v) is 9.89. The van der Waals surface area contributed by atoms with Gasteiger partial charge in [0.25, 0.3) is 5.91 Å². The Morgan fingerprint density at radius 3 is 2.55 bits per heavy atom. The number of pyridine rings is 1. The second-order valence-corrected chi connectivity index (χ2v) is 7.36. The molecule has 0 saturated carbocycles. The molecule has 1 N–H and O–H groups in total. The first kappa shape index (κ1) is 20.6. The number of piperidine rings is 1. The lowest BCUT2D eigenvalue weighted by atomic mass is 9.96. The number of likely N-dealkylation sites (tertiary alicyclic amines) is 1. The van der Waals surface area contributed by atoms with E-state index in [2.05, 4.69) is 10.3 Å². The van der Waals surface area contributed by atoms with Crippen molar-refractivity contribution in [1.82, 2.24) is 15.2 Å². The van der Waals surface area contributed by atoms with Crippen molar-refractivity contribution in [2.45, 2.75) is 19.4 Å². The molecular weight excluding hydrogens is 368 g/mol. The van der Waals surface area contributed by atoms with Crippen LogP contribution < -0.4 is 15.0 Å². The molecule has 0 atom stereocenters. The zero-order valence-electron chi connectivity index (χ0n) is 17.0. The molecule has 1 saturated heterocycles. The average Bonchev–Trinajstić information content (AvgIpc) is 2.76. The Morgan fingerprint density at radius 1 is 1.14 bits per heavy atom. The molecule has 1 aliphatic rings. The number of anilines is 1. The third kappa shape index (κ3) is 5.70. The van der Waals surface area contributed by atoms with Crippen LogP contribution in [0.5, 0.6) is 5.75 Å². The lowest BCUT2D eigenvalue weighted by Gasteiger charge is -2.31. The Morgan fingerprint density at radius 2 is 1.86 bits per heavy atom. The van der Waals surface area contributed by atoms with Crippen LogP contribution in [0.15, 0.2) is 48.7 Å². The lowest BCUT2D eigenvalue weighted by Crippen LogP contribution is -2.44. The quantitative estimate of drug-likeness (QED) is 0.776. The van der Waals surface area contributed by atoms with Crippen LogP contribution in [-0.4, -0.2) is 55.5 Å². The fourth-order valence-electron chi connectivity index (χ4n) is 3.44. The number of rotatable bonds is 7. The summed E-state index contributed by atoms with van der Waals surface area (Å²) in [7, 11) is 3.86. The highest BCUT2D eigenvalue weighted by molar-refractivity contribution is 5.80. The van der Waals surface area contributed by atoms with E-state index in [0.29, 0.717) is 38.2 Å². The molecule has 0 spiro atoms. The fraction of sp³-hybridized carbons (Fsp3) is 0.409. The molecule has 2 heterocycles. The van der Waals surface area contributed by atoms with Crippen molar-refractivity contribution in [2.24, 2.45) is 5.92 Å². The summed E-state index contributed by atoms with van der Waals surface area (Å²) >= 11 is 0. The molecule has 0 bridgehead atoms. The number of hydrogen-bond acceptors (Lipinski definition) is 5. The number of nitrogens with one attached hydrogen (secondary N) is 1. The van der Waals surface area contributed by atoms with Gasteiger partial charge < -0.3 is 19.9 Å². The number of nitrogens with zero attached hydrogens (tertiary/aromatic N) is 3. The highest BCUT2D eigenvalue weighted by Crippen LogP contribution is 2.19. The third-order valence-corrected chi connectivity index (χ3v) is 5.07. The number of para-hydroxylation sites is 1. The first-order chi connectivity index (χ1) is 14.0. The van der Waals surface area contributed by atoms with Gasteiger partial charge in [0.1, 0.15) is 11.6 Å². The normalized spacial score (nSPS) is 14.3. The lowest BCUT2D eigenvalue weighted by molar-refractivity contribution is -0.137. The van der Waals surface area contributed by atoms with E-state index in [1.807, 2.05) is 61.5 Å². The van der Waals surface area contributed by atoms with Crippen LogP contribution in [-0.2, 0) is 16.1 Å². The van der Waals surface area contributed by atoms with Gasteiger partial charge in [-0.3, -0.25) is 9.59 Å². The molecule has 0 radical (unpaired) electrons. The van der Waals surface area contributed by atoms with Crippen molar-refractivity contribution in [3.8, 4) is 5.75 Å². The minimum Gasteiger partial charge on any atom is -0.484 e. The largest absolute Gasteiger partial charge is 0.484 e. The zero-order valence-corrected chi connectivity index (χ0v) is 17.0. The summed E-state index contributed by atoms with van der Waals surface area (Å²) in [6.45, 7) is 1.62. The van der Waals surface area contributed by atoms with E-state index in [9.17, 15) is 9.59 Å². The number of aromatic nitrogens is 1. The van der Waals surface area contributed by atoms with Gasteiger partial charge in [-0.25, -0.2) is 4.98 Å². The maximum atomic E-state index is 12.6. The monoisotopic (exact) mass is 396 g/mol. The predicted octanol–water partition coefficient (Wildman–Crippen LogP) is 2.08. The molecule has 1 fully saturated rings. The fourth-order valence-corrected chi connectivity index (χ4v) is 3.44. The Balaban J connectivity index is 1.43. The number of carbonyl (C=O) groups is 2. The summed E-state index contributed by atoms with van der Waals surface area (Å²) in [5, 5.41) is 3.02. The molecule has 1 aliphatic heterocycles. The van der Waals surface area contributed by atoms with Gasteiger partial charge in [-0.15, -0.1) is 0 Å². The molecule has 3 rings (SSSR count). The minimum absolute atomic E-state index is 0.0230. The summed E-state index contributed by atoms with van der Waals surface area (Å²) < 4.78 is 5.53. The molecule has 7 heteroatoms. The van der Waals surface area contributed by atoms with Crippen molar-refractivity contribution < 1.29 is 14.3 Å². The van der Waals surface area contributed by atoms with Crippen LogP contribution in [0.1, 0.15) is 18.4 Å². The van der Waals surface area contributed by atoms with Gasteiger partial charge >= 0.3 is 0 Å².